The van der Waals surface area contributed by atoms with E-state index in [0.29, 0.717) is 42.9 Å². The molecule has 2 aromatic heterocycles. The third kappa shape index (κ3) is 3.97. The van der Waals surface area contributed by atoms with Crippen LogP contribution in [-0.2, 0) is 6.54 Å². The number of hydrogen-bond acceptors (Lipinski definition) is 5. The molecule has 2 fully saturated rings. The number of hydrogen-bond donors (Lipinski definition) is 3. The Morgan fingerprint density at radius 2 is 1.97 bits per heavy atom. The summed E-state index contributed by atoms with van der Waals surface area (Å²) >= 11 is 0. The number of nitrogens with zero attached hydrogens (tertiary/aromatic N) is 2. The molecule has 4 N–H and O–H groups in total. The summed E-state index contributed by atoms with van der Waals surface area (Å²) in [5, 5.41) is 13.1. The van der Waals surface area contributed by atoms with Crippen LogP contribution in [0.4, 0.5) is 10.1 Å². The van der Waals surface area contributed by atoms with Crippen LogP contribution in [0.1, 0.15) is 45.8 Å². The van der Waals surface area contributed by atoms with Crippen LogP contribution >= 0.6 is 0 Å². The van der Waals surface area contributed by atoms with Gasteiger partial charge >= 0.3 is 5.97 Å². The third-order valence-corrected chi connectivity index (χ3v) is 7.16. The van der Waals surface area contributed by atoms with E-state index in [1.165, 1.54) is 16.0 Å². The third-order valence-electron chi connectivity index (χ3n) is 7.16. The van der Waals surface area contributed by atoms with Crippen LogP contribution in [0, 0.1) is 18.7 Å². The minimum Gasteiger partial charge on any atom is -0.477 e. The topological polar surface area (TPSA) is 100 Å². The number of aryl methyl sites for hydroxylation is 1. The van der Waals surface area contributed by atoms with E-state index in [2.05, 4.69) is 17.4 Å². The molecule has 2 unspecified atom stereocenters. The number of aromatic nitrogens is 1. The summed E-state index contributed by atoms with van der Waals surface area (Å²) < 4.78 is 16.7. The van der Waals surface area contributed by atoms with Crippen LogP contribution in [0.15, 0.2) is 47.4 Å². The SMILES string of the molecule is Cc1c(N2CC(CN)C(NCc3ccccc3)C2)c(F)cn2c(=O)c(C(=O)O)cc(C3CC3)c12. The highest BCUT2D eigenvalue weighted by molar-refractivity contribution is 5.89. The number of nitrogens with two attached hydrogens (primary N) is 1. The van der Waals surface area contributed by atoms with Gasteiger partial charge in [0.2, 0.25) is 0 Å². The zero-order valence-corrected chi connectivity index (χ0v) is 19.1. The molecule has 1 aliphatic carbocycles. The molecule has 34 heavy (non-hydrogen) atoms. The molecular formula is C26H29FN4O3. The molecule has 7 nitrogen and oxygen atoms in total. The van der Waals surface area contributed by atoms with E-state index in [1.54, 1.807) is 0 Å². The maximum absolute atomic E-state index is 15.5. The van der Waals surface area contributed by atoms with Gasteiger partial charge in [0.15, 0.2) is 5.82 Å². The highest BCUT2D eigenvalue weighted by Crippen LogP contribution is 2.44. The molecule has 5 rings (SSSR count). The number of aromatic carboxylic acids is 1. The summed E-state index contributed by atoms with van der Waals surface area (Å²) in [7, 11) is 0. The average Bonchev–Trinajstić information content (AvgIpc) is 3.59. The summed E-state index contributed by atoms with van der Waals surface area (Å²) in [4.78, 5) is 26.5. The fourth-order valence-electron chi connectivity index (χ4n) is 5.26. The van der Waals surface area contributed by atoms with Crippen molar-refractivity contribution in [2.24, 2.45) is 11.7 Å². The Balaban J connectivity index is 1.52. The molecular weight excluding hydrogens is 435 g/mol. The Morgan fingerprint density at radius 1 is 1.24 bits per heavy atom. The molecule has 0 bridgehead atoms. The van der Waals surface area contributed by atoms with Gasteiger partial charge in [0.25, 0.3) is 5.56 Å². The average molecular weight is 465 g/mol. The number of carboxylic acid groups (broad SMARTS) is 1. The number of halogens is 1. The number of carboxylic acids is 1. The Labute approximate surface area is 197 Å². The number of nitrogens with one attached hydrogen (secondary N) is 1. The molecule has 3 aromatic rings. The molecule has 1 aliphatic heterocycles. The van der Waals surface area contributed by atoms with E-state index in [0.717, 1.165) is 24.6 Å². The first-order valence-electron chi connectivity index (χ1n) is 11.7. The lowest BCUT2D eigenvalue weighted by atomic mass is 10.0. The standard InChI is InChI=1S/C26H29FN4O3/c1-15-23-19(17-7-8-17)9-20(26(33)34)25(32)31(23)13-21(27)24(15)30-12-18(10-28)22(14-30)29-11-16-5-3-2-4-6-16/h2-6,9,13,17-18,22,29H,7-8,10-12,14,28H2,1H3,(H,33,34). The second kappa shape index (κ2) is 8.85. The highest BCUT2D eigenvalue weighted by atomic mass is 19.1. The van der Waals surface area contributed by atoms with Gasteiger partial charge in [0.05, 0.1) is 17.4 Å². The fourth-order valence-corrected chi connectivity index (χ4v) is 5.26. The predicted molar refractivity (Wildman–Crippen MR) is 129 cm³/mol. The van der Waals surface area contributed by atoms with Crippen LogP contribution < -0.4 is 21.5 Å². The van der Waals surface area contributed by atoms with E-state index < -0.39 is 17.3 Å². The maximum atomic E-state index is 15.5. The predicted octanol–water partition coefficient (Wildman–Crippen LogP) is 2.88. The molecule has 0 spiro atoms. The van der Waals surface area contributed by atoms with Crippen molar-refractivity contribution in [2.75, 3.05) is 24.5 Å². The second-order valence-electron chi connectivity index (χ2n) is 9.44. The quantitative estimate of drug-likeness (QED) is 0.497. The van der Waals surface area contributed by atoms with Crippen LogP contribution in [0.25, 0.3) is 5.52 Å². The number of pyridine rings is 2. The zero-order chi connectivity index (χ0) is 24.0. The van der Waals surface area contributed by atoms with Gasteiger partial charge in [-0.1, -0.05) is 30.3 Å². The second-order valence-corrected chi connectivity index (χ2v) is 9.44. The number of benzene rings is 1. The number of rotatable bonds is 7. The molecule has 1 saturated carbocycles. The number of fused-ring (bicyclic) bond motifs is 1. The molecule has 8 heteroatoms. The van der Waals surface area contributed by atoms with Gasteiger partial charge in [-0.25, -0.2) is 9.18 Å². The molecule has 0 amide bonds. The Morgan fingerprint density at radius 3 is 2.62 bits per heavy atom. The molecule has 1 aromatic carbocycles. The summed E-state index contributed by atoms with van der Waals surface area (Å²) in [6, 6.07) is 11.7. The Hall–Kier alpha value is -3.23. The largest absolute Gasteiger partial charge is 0.477 e. The van der Waals surface area contributed by atoms with Crippen molar-refractivity contribution in [1.29, 1.82) is 0 Å². The van der Waals surface area contributed by atoms with E-state index in [-0.39, 0.29) is 23.4 Å². The van der Waals surface area contributed by atoms with E-state index in [1.807, 2.05) is 30.0 Å². The number of anilines is 1. The summed E-state index contributed by atoms with van der Waals surface area (Å²) in [6.07, 6.45) is 3.02. The van der Waals surface area contributed by atoms with Crippen LogP contribution in [0.2, 0.25) is 0 Å². The summed E-state index contributed by atoms with van der Waals surface area (Å²) in [5.41, 5.74) is 8.79. The first kappa shape index (κ1) is 22.6. The van der Waals surface area contributed by atoms with E-state index in [9.17, 15) is 14.7 Å². The van der Waals surface area contributed by atoms with Crippen molar-refractivity contribution in [3.8, 4) is 0 Å². The van der Waals surface area contributed by atoms with Crippen LogP contribution in [0.5, 0.6) is 0 Å². The van der Waals surface area contributed by atoms with Crippen molar-refractivity contribution in [3.05, 3.63) is 81.0 Å². The molecule has 0 radical (unpaired) electrons. The van der Waals surface area contributed by atoms with Crippen LogP contribution in [0.3, 0.4) is 0 Å². The van der Waals surface area contributed by atoms with Crippen LogP contribution in [-0.4, -0.2) is 41.2 Å². The first-order chi connectivity index (χ1) is 16.4. The highest BCUT2D eigenvalue weighted by Gasteiger charge is 2.35. The van der Waals surface area contributed by atoms with Crippen molar-refractivity contribution in [1.82, 2.24) is 9.72 Å². The van der Waals surface area contributed by atoms with Crippen molar-refractivity contribution < 1.29 is 14.3 Å². The van der Waals surface area contributed by atoms with Crippen molar-refractivity contribution in [3.63, 3.8) is 0 Å². The maximum Gasteiger partial charge on any atom is 0.341 e. The van der Waals surface area contributed by atoms with Gasteiger partial charge in [-0.05, 0) is 55.0 Å². The van der Waals surface area contributed by atoms with E-state index >= 15 is 4.39 Å². The lowest BCUT2D eigenvalue weighted by molar-refractivity contribution is 0.0694. The van der Waals surface area contributed by atoms with Gasteiger partial charge in [0, 0.05) is 31.6 Å². The normalized spacial score (nSPS) is 20.3. The first-order valence-corrected chi connectivity index (χ1v) is 11.7. The fraction of sp³-hybridized carbons (Fsp3) is 0.385. The Kier molecular flexibility index (Phi) is 5.87. The van der Waals surface area contributed by atoms with E-state index in [4.69, 9.17) is 5.73 Å². The summed E-state index contributed by atoms with van der Waals surface area (Å²) in [6.45, 7) is 4.20. The van der Waals surface area contributed by atoms with Crippen molar-refractivity contribution in [2.45, 2.75) is 38.3 Å². The van der Waals surface area contributed by atoms with Gasteiger partial charge in [-0.2, -0.15) is 0 Å². The molecule has 2 atom stereocenters. The molecule has 3 heterocycles. The van der Waals surface area contributed by atoms with Gasteiger partial charge < -0.3 is 21.1 Å². The van der Waals surface area contributed by atoms with Gasteiger partial charge in [-0.3, -0.25) is 9.20 Å². The smallest absolute Gasteiger partial charge is 0.341 e. The molecule has 2 aliphatic rings. The minimum atomic E-state index is -1.29. The molecule has 1 saturated heterocycles. The minimum absolute atomic E-state index is 0.0970. The monoisotopic (exact) mass is 464 g/mol. The lowest BCUT2D eigenvalue weighted by Crippen LogP contribution is -2.38. The molecule has 178 valence electrons. The summed E-state index contributed by atoms with van der Waals surface area (Å²) in [5.74, 6) is -1.48. The Bertz CT molecular complexity index is 1300. The lowest BCUT2D eigenvalue weighted by Gasteiger charge is -2.24. The zero-order valence-electron chi connectivity index (χ0n) is 19.1. The van der Waals surface area contributed by atoms with Crippen molar-refractivity contribution >= 4 is 17.2 Å². The van der Waals surface area contributed by atoms with Gasteiger partial charge in [0.1, 0.15) is 5.56 Å². The van der Waals surface area contributed by atoms with Gasteiger partial charge in [-0.15, -0.1) is 0 Å². The number of carbonyl (C=O) groups is 1.